The molecule has 0 bridgehead atoms. The van der Waals surface area contributed by atoms with E-state index in [2.05, 4.69) is 91.7 Å². The Morgan fingerprint density at radius 3 is 1.63 bits per heavy atom. The molecule has 0 saturated carbocycles. The van der Waals surface area contributed by atoms with E-state index in [1.165, 1.54) is 81.9 Å². The van der Waals surface area contributed by atoms with Crippen molar-refractivity contribution in [3.8, 4) is 11.1 Å². The Morgan fingerprint density at radius 2 is 1.23 bits per heavy atom. The van der Waals surface area contributed by atoms with Gasteiger partial charge in [-0.15, -0.1) is 12.5 Å². The van der Waals surface area contributed by atoms with Crippen LogP contribution in [0, 0.1) is 30.2 Å². The number of allylic oxidation sites excluding steroid dienone is 4. The standard InChI is InChI=1S/C13H9.C8H11.2C7H4F3.CH2.Zr/c1-3-7-12-10(5-1)9-11-6-2-4-8-13(11)12;1-6-4-7(2)8(3)5-6;2*8-7(9,10)6-4-2-1-3-5-6;;/h1-5,7-8H,9H2;4,6H,1-3H3;2*1-2,4-5H;1H2;/q4*-1;;. The molecule has 0 saturated heterocycles. The van der Waals surface area contributed by atoms with Crippen LogP contribution in [0.25, 0.3) is 11.1 Å². The van der Waals surface area contributed by atoms with Crippen molar-refractivity contribution in [2.75, 3.05) is 0 Å². The van der Waals surface area contributed by atoms with Crippen molar-refractivity contribution in [2.45, 2.75) is 39.5 Å². The Balaban J connectivity index is 0.000000199. The Bertz CT molecular complexity index is 1360. The summed E-state index contributed by atoms with van der Waals surface area (Å²) in [6, 6.07) is 32.1. The predicted octanol–water partition coefficient (Wildman–Crippen LogP) is 10.4. The number of hydrogen-bond acceptors (Lipinski definition) is 0. The van der Waals surface area contributed by atoms with Crippen LogP contribution >= 0.6 is 0 Å². The summed E-state index contributed by atoms with van der Waals surface area (Å²) in [5.74, 6) is 0.551. The van der Waals surface area contributed by atoms with Gasteiger partial charge in [0, 0.05) is 0 Å². The molecule has 0 fully saturated rings. The largest absolute Gasteiger partial charge is 0.179 e. The van der Waals surface area contributed by atoms with Crippen molar-refractivity contribution in [1.82, 2.24) is 0 Å². The smallest absolute Gasteiger partial charge is 0.0253 e. The number of alkyl halides is 6. The minimum atomic E-state index is -4.24. The Hall–Kier alpha value is -3.31. The van der Waals surface area contributed by atoms with Gasteiger partial charge in [-0.05, 0) is 6.42 Å². The van der Waals surface area contributed by atoms with E-state index in [1.807, 2.05) is 6.07 Å². The SMILES string of the molecule is CC1=[C-]C(C)C=C1C.FC(F)(F)c1c[c-]ccc1.FC(F)(F)c1c[c-]ccc1.[CH2]=[Zr].[c-]1cccc2c1Cc1ccccc1-2. The van der Waals surface area contributed by atoms with Crippen LogP contribution in [0.5, 0.6) is 0 Å². The van der Waals surface area contributed by atoms with Crippen LogP contribution in [0.4, 0.5) is 26.3 Å². The van der Waals surface area contributed by atoms with Crippen LogP contribution < -0.4 is 0 Å². The molecular formula is C36H30F6Zr-4. The van der Waals surface area contributed by atoms with Crippen LogP contribution in [0.2, 0.25) is 0 Å². The van der Waals surface area contributed by atoms with Gasteiger partial charge >= 0.3 is 40.8 Å². The van der Waals surface area contributed by atoms with E-state index in [-0.39, 0.29) is 0 Å². The van der Waals surface area contributed by atoms with Gasteiger partial charge in [-0.25, -0.2) is 11.1 Å². The fourth-order valence-electron chi connectivity index (χ4n) is 4.13. The molecule has 0 radical (unpaired) electrons. The fourth-order valence-corrected chi connectivity index (χ4v) is 4.13. The van der Waals surface area contributed by atoms with Gasteiger partial charge in [0.05, 0.1) is 0 Å². The van der Waals surface area contributed by atoms with E-state index in [0.717, 1.165) is 30.7 Å². The van der Waals surface area contributed by atoms with Crippen LogP contribution in [0.1, 0.15) is 43.0 Å². The van der Waals surface area contributed by atoms with Gasteiger partial charge in [-0.3, -0.25) is 6.08 Å². The molecule has 0 heterocycles. The first-order valence-corrected chi connectivity index (χ1v) is 14.9. The summed E-state index contributed by atoms with van der Waals surface area (Å²) in [6.07, 6.45) is -1.91. The first-order valence-electron chi connectivity index (χ1n) is 13.1. The molecule has 4 aromatic rings. The van der Waals surface area contributed by atoms with E-state index < -0.39 is 23.5 Å². The Kier molecular flexibility index (Phi) is 14.3. The third-order valence-corrected chi connectivity index (χ3v) is 6.22. The Labute approximate surface area is 265 Å². The van der Waals surface area contributed by atoms with Gasteiger partial charge in [-0.1, -0.05) is 66.3 Å². The summed E-state index contributed by atoms with van der Waals surface area (Å²) in [6.45, 7) is 6.39. The second-order valence-electron chi connectivity index (χ2n) is 9.38. The van der Waals surface area contributed by atoms with Crippen molar-refractivity contribution in [2.24, 2.45) is 5.92 Å². The molecule has 0 aromatic heterocycles. The summed E-state index contributed by atoms with van der Waals surface area (Å²) in [5, 5.41) is 0. The molecule has 2 aliphatic rings. The third kappa shape index (κ3) is 11.7. The van der Waals surface area contributed by atoms with Crippen LogP contribution in [-0.4, -0.2) is 4.21 Å². The van der Waals surface area contributed by atoms with Crippen molar-refractivity contribution in [3.05, 3.63) is 155 Å². The van der Waals surface area contributed by atoms with Crippen LogP contribution in [0.15, 0.2) is 108 Å². The normalized spacial score (nSPS) is 14.3. The number of rotatable bonds is 0. The van der Waals surface area contributed by atoms with Gasteiger partial charge < -0.3 is 0 Å². The zero-order chi connectivity index (χ0) is 32.0. The summed E-state index contributed by atoms with van der Waals surface area (Å²) in [7, 11) is 0. The van der Waals surface area contributed by atoms with Crippen LogP contribution in [0.3, 0.4) is 0 Å². The summed E-state index contributed by atoms with van der Waals surface area (Å²) < 4.78 is 73.9. The van der Waals surface area contributed by atoms with E-state index in [0.29, 0.717) is 5.92 Å². The average molecular weight is 668 g/mol. The van der Waals surface area contributed by atoms with Crippen molar-refractivity contribution < 1.29 is 50.6 Å². The quantitative estimate of drug-likeness (QED) is 0.114. The summed E-state index contributed by atoms with van der Waals surface area (Å²) >= 11 is 1.30. The summed E-state index contributed by atoms with van der Waals surface area (Å²) in [4.78, 5) is 0. The van der Waals surface area contributed by atoms with E-state index in [1.54, 1.807) is 0 Å². The Morgan fingerprint density at radius 1 is 0.721 bits per heavy atom. The van der Waals surface area contributed by atoms with Crippen molar-refractivity contribution in [3.63, 3.8) is 0 Å². The molecular weight excluding hydrogens is 638 g/mol. The maximum absolute atomic E-state index is 11.8. The number of halogens is 6. The molecule has 0 aliphatic heterocycles. The second kappa shape index (κ2) is 17.1. The molecule has 0 spiro atoms. The van der Waals surface area contributed by atoms with Crippen LogP contribution in [-0.2, 0) is 43.0 Å². The van der Waals surface area contributed by atoms with Gasteiger partial charge in [-0.2, -0.15) is 123 Å². The molecule has 2 aliphatic carbocycles. The monoisotopic (exact) mass is 666 g/mol. The van der Waals surface area contributed by atoms with Crippen molar-refractivity contribution >= 4 is 4.21 Å². The molecule has 6 rings (SSSR count). The number of hydrogen-bond donors (Lipinski definition) is 0. The zero-order valence-corrected chi connectivity index (χ0v) is 26.5. The zero-order valence-electron chi connectivity index (χ0n) is 24.0. The molecule has 1 atom stereocenters. The number of benzene rings is 4. The molecule has 0 N–H and O–H groups in total. The van der Waals surface area contributed by atoms with E-state index >= 15 is 0 Å². The first-order chi connectivity index (χ1) is 20.4. The first kappa shape index (κ1) is 35.9. The van der Waals surface area contributed by atoms with E-state index in [9.17, 15) is 26.3 Å². The van der Waals surface area contributed by atoms with Gasteiger partial charge in [0.15, 0.2) is 0 Å². The second-order valence-corrected chi connectivity index (χ2v) is 9.38. The molecule has 43 heavy (non-hydrogen) atoms. The van der Waals surface area contributed by atoms with Gasteiger partial charge in [0.25, 0.3) is 0 Å². The van der Waals surface area contributed by atoms with E-state index in [4.69, 9.17) is 0 Å². The molecule has 4 aromatic carbocycles. The molecule has 0 amide bonds. The predicted molar refractivity (Wildman–Crippen MR) is 157 cm³/mol. The maximum Gasteiger partial charge on any atom is -0.0253 e. The molecule has 0 nitrogen and oxygen atoms in total. The molecule has 224 valence electrons. The molecule has 1 unspecified atom stereocenters. The van der Waals surface area contributed by atoms with Gasteiger partial charge in [0.2, 0.25) is 0 Å². The topological polar surface area (TPSA) is 0 Å². The summed E-state index contributed by atoms with van der Waals surface area (Å²) in [5.41, 5.74) is 6.90. The maximum atomic E-state index is 11.8. The minimum Gasteiger partial charge on any atom is -0.179 e. The minimum absolute atomic E-state index is 0.551. The van der Waals surface area contributed by atoms with Crippen molar-refractivity contribution in [1.29, 1.82) is 0 Å². The fraction of sp³-hybridized carbons (Fsp3) is 0.194. The molecule has 7 heteroatoms. The number of fused-ring (bicyclic) bond motifs is 3. The van der Waals surface area contributed by atoms with Gasteiger partial charge in [0.1, 0.15) is 0 Å². The third-order valence-electron chi connectivity index (χ3n) is 6.22. The average Bonchev–Trinajstić information content (AvgIpc) is 3.52.